The van der Waals surface area contributed by atoms with Gasteiger partial charge in [0, 0.05) is 29.2 Å². The van der Waals surface area contributed by atoms with E-state index in [1.54, 1.807) is 54.4 Å². The Morgan fingerprint density at radius 3 is 1.85 bits per heavy atom. The molecular weight excluding hydrogens is 561 g/mol. The number of aromatic amines is 1. The SMILES string of the molecule is C.COc1nc(CCl)cn2c(-c3ccc(F)cc3)ncc12.O=c1[nH]c(CCl)cn2c(-c3ccc(F)cc3)ncc12. The van der Waals surface area contributed by atoms with Crippen LogP contribution in [0.3, 0.4) is 0 Å². The molecule has 206 valence electrons. The standard InChI is InChI=1S/C14H11ClFN3O.C13H9ClFN3O.CH4/c1-20-14-12-7-17-13(9-2-4-10(16)5-3-9)19(12)8-11(6-15)18-14;14-5-10-7-18-11(13(19)17-10)6-16-12(18)8-1-3-9(15)4-2-8;/h2-5,7-8H,6H2,1H3;1-4,6-7H,5H2,(H,17,19);1H4. The number of ether oxygens (including phenoxy) is 1. The van der Waals surface area contributed by atoms with Crippen molar-refractivity contribution in [3.63, 3.8) is 0 Å². The van der Waals surface area contributed by atoms with E-state index in [9.17, 15) is 13.6 Å². The molecule has 0 aliphatic rings. The van der Waals surface area contributed by atoms with E-state index in [0.29, 0.717) is 34.4 Å². The quantitative estimate of drug-likeness (QED) is 0.234. The molecular formula is C28H24Cl2F2N6O2. The van der Waals surface area contributed by atoms with Crippen LogP contribution in [0.2, 0.25) is 0 Å². The van der Waals surface area contributed by atoms with E-state index in [2.05, 4.69) is 19.9 Å². The summed E-state index contributed by atoms with van der Waals surface area (Å²) in [7, 11) is 1.55. The first-order valence-corrected chi connectivity index (χ1v) is 12.6. The molecule has 1 N–H and O–H groups in total. The molecule has 12 heteroatoms. The van der Waals surface area contributed by atoms with Crippen molar-refractivity contribution in [2.24, 2.45) is 0 Å². The van der Waals surface area contributed by atoms with E-state index < -0.39 is 0 Å². The first-order chi connectivity index (χ1) is 18.9. The summed E-state index contributed by atoms with van der Waals surface area (Å²) < 4.78 is 34.7. The van der Waals surface area contributed by atoms with Crippen LogP contribution >= 0.6 is 23.2 Å². The molecule has 8 nitrogen and oxygen atoms in total. The molecule has 6 aromatic rings. The zero-order valence-electron chi connectivity index (χ0n) is 20.4. The molecule has 0 spiro atoms. The summed E-state index contributed by atoms with van der Waals surface area (Å²) in [4.78, 5) is 27.3. The Morgan fingerprint density at radius 2 is 1.35 bits per heavy atom. The Morgan fingerprint density at radius 1 is 0.825 bits per heavy atom. The van der Waals surface area contributed by atoms with Crippen molar-refractivity contribution in [2.45, 2.75) is 19.2 Å². The molecule has 6 rings (SSSR count). The van der Waals surface area contributed by atoms with E-state index >= 15 is 0 Å². The highest BCUT2D eigenvalue weighted by molar-refractivity contribution is 6.17. The number of imidazole rings is 2. The fraction of sp³-hybridized carbons (Fsp3) is 0.143. The number of halogens is 4. The van der Waals surface area contributed by atoms with Gasteiger partial charge in [-0.25, -0.2) is 23.7 Å². The molecule has 0 aliphatic carbocycles. The van der Waals surface area contributed by atoms with Crippen LogP contribution in [0, 0.1) is 11.6 Å². The van der Waals surface area contributed by atoms with Crippen LogP contribution < -0.4 is 10.3 Å². The summed E-state index contributed by atoms with van der Waals surface area (Å²) in [6, 6.07) is 12.1. The van der Waals surface area contributed by atoms with Crippen molar-refractivity contribution in [3.05, 3.63) is 107 Å². The van der Waals surface area contributed by atoms with Crippen molar-refractivity contribution in [1.82, 2.24) is 28.7 Å². The van der Waals surface area contributed by atoms with Crippen molar-refractivity contribution < 1.29 is 13.5 Å². The Labute approximate surface area is 237 Å². The first kappa shape index (κ1) is 28.7. The number of hydrogen-bond donors (Lipinski definition) is 1. The van der Waals surface area contributed by atoms with Crippen molar-refractivity contribution >= 4 is 34.2 Å². The van der Waals surface area contributed by atoms with Crippen LogP contribution in [-0.2, 0) is 11.8 Å². The molecule has 0 amide bonds. The van der Waals surface area contributed by atoms with Gasteiger partial charge >= 0.3 is 0 Å². The number of aromatic nitrogens is 6. The third-order valence-corrected chi connectivity index (χ3v) is 6.37. The third kappa shape index (κ3) is 5.68. The van der Waals surface area contributed by atoms with Gasteiger partial charge < -0.3 is 9.72 Å². The second kappa shape index (κ2) is 12.3. The molecule has 0 saturated carbocycles. The number of fused-ring (bicyclic) bond motifs is 2. The normalized spacial score (nSPS) is 10.7. The van der Waals surface area contributed by atoms with Gasteiger partial charge in [-0.3, -0.25) is 13.6 Å². The van der Waals surface area contributed by atoms with Gasteiger partial charge in [0.05, 0.1) is 37.0 Å². The minimum absolute atomic E-state index is 0. The lowest BCUT2D eigenvalue weighted by molar-refractivity contribution is 0.400. The molecule has 0 saturated heterocycles. The maximum Gasteiger partial charge on any atom is 0.274 e. The molecule has 2 aromatic carbocycles. The maximum atomic E-state index is 13.0. The highest BCUT2D eigenvalue weighted by atomic mass is 35.5. The zero-order chi connectivity index (χ0) is 27.5. The number of methoxy groups -OCH3 is 1. The highest BCUT2D eigenvalue weighted by Gasteiger charge is 2.13. The van der Waals surface area contributed by atoms with Crippen molar-refractivity contribution in [2.75, 3.05) is 7.11 Å². The topological polar surface area (TPSA) is 89.6 Å². The lowest BCUT2D eigenvalue weighted by Gasteiger charge is -2.07. The number of nitrogens with zero attached hydrogens (tertiary/aromatic N) is 5. The molecule has 0 bridgehead atoms. The lowest BCUT2D eigenvalue weighted by Crippen LogP contribution is -2.11. The Hall–Kier alpha value is -4.28. The van der Waals surface area contributed by atoms with Gasteiger partial charge in [0.2, 0.25) is 5.88 Å². The van der Waals surface area contributed by atoms with Crippen LogP contribution in [-0.4, -0.2) is 35.8 Å². The molecule has 0 unspecified atom stereocenters. The van der Waals surface area contributed by atoms with E-state index in [4.69, 9.17) is 27.9 Å². The third-order valence-electron chi connectivity index (χ3n) is 5.81. The van der Waals surface area contributed by atoms with Gasteiger partial charge in [0.25, 0.3) is 5.56 Å². The molecule has 4 heterocycles. The number of H-pyrrole nitrogens is 1. The van der Waals surface area contributed by atoms with Gasteiger partial charge in [0.1, 0.15) is 34.3 Å². The Bertz CT molecular complexity index is 1820. The summed E-state index contributed by atoms with van der Waals surface area (Å²) >= 11 is 11.6. The second-order valence-corrected chi connectivity index (χ2v) is 8.84. The van der Waals surface area contributed by atoms with Crippen LogP contribution in [0.5, 0.6) is 5.88 Å². The minimum atomic E-state index is -0.316. The number of hydrogen-bond acceptors (Lipinski definition) is 5. The van der Waals surface area contributed by atoms with Crippen LogP contribution in [0.4, 0.5) is 8.78 Å². The smallest absolute Gasteiger partial charge is 0.274 e. The van der Waals surface area contributed by atoms with Gasteiger partial charge in [-0.15, -0.1) is 23.2 Å². The van der Waals surface area contributed by atoms with E-state index in [1.165, 1.54) is 30.5 Å². The van der Waals surface area contributed by atoms with Crippen LogP contribution in [0.25, 0.3) is 33.8 Å². The van der Waals surface area contributed by atoms with E-state index in [0.717, 1.165) is 16.6 Å². The number of nitrogens with one attached hydrogen (secondary N) is 1. The van der Waals surface area contributed by atoms with Crippen molar-refractivity contribution in [1.29, 1.82) is 0 Å². The molecule has 4 aromatic heterocycles. The second-order valence-electron chi connectivity index (χ2n) is 8.31. The fourth-order valence-corrected chi connectivity index (χ4v) is 4.25. The molecule has 0 fully saturated rings. The van der Waals surface area contributed by atoms with Crippen LogP contribution in [0.1, 0.15) is 18.8 Å². The summed E-state index contributed by atoms with van der Waals surface area (Å²) in [6.07, 6.45) is 6.67. The minimum Gasteiger partial charge on any atom is -0.479 e. The monoisotopic (exact) mass is 584 g/mol. The average Bonchev–Trinajstić information content (AvgIpc) is 3.59. The van der Waals surface area contributed by atoms with E-state index in [-0.39, 0.29) is 36.4 Å². The highest BCUT2D eigenvalue weighted by Crippen LogP contribution is 2.25. The number of alkyl halides is 2. The number of rotatable bonds is 5. The van der Waals surface area contributed by atoms with Gasteiger partial charge in [-0.1, -0.05) is 7.43 Å². The largest absolute Gasteiger partial charge is 0.479 e. The van der Waals surface area contributed by atoms with Gasteiger partial charge in [-0.05, 0) is 48.5 Å². The predicted octanol–water partition coefficient (Wildman–Crippen LogP) is 6.49. The van der Waals surface area contributed by atoms with E-state index in [1.807, 2.05) is 4.40 Å². The average molecular weight is 585 g/mol. The van der Waals surface area contributed by atoms with Crippen LogP contribution in [0.15, 0.2) is 78.1 Å². The molecule has 0 radical (unpaired) electrons. The fourth-order valence-electron chi connectivity index (χ4n) is 3.98. The Kier molecular flexibility index (Phi) is 8.81. The predicted molar refractivity (Wildman–Crippen MR) is 152 cm³/mol. The van der Waals surface area contributed by atoms with Crippen molar-refractivity contribution in [3.8, 4) is 28.7 Å². The molecule has 0 atom stereocenters. The first-order valence-electron chi connectivity index (χ1n) is 11.6. The summed E-state index contributed by atoms with van der Waals surface area (Å²) in [5.74, 6) is 1.60. The summed E-state index contributed by atoms with van der Waals surface area (Å²) in [5, 5.41) is 0. The Balaban J connectivity index is 0.000000181. The number of benzene rings is 2. The molecule has 40 heavy (non-hydrogen) atoms. The van der Waals surface area contributed by atoms with Gasteiger partial charge in [0.15, 0.2) is 0 Å². The lowest BCUT2D eigenvalue weighted by atomic mass is 10.2. The summed E-state index contributed by atoms with van der Waals surface area (Å²) in [5.41, 5.74) is 3.72. The maximum absolute atomic E-state index is 13.0. The summed E-state index contributed by atoms with van der Waals surface area (Å²) in [6.45, 7) is 0. The zero-order valence-corrected chi connectivity index (χ0v) is 21.9. The van der Waals surface area contributed by atoms with Gasteiger partial charge in [-0.2, -0.15) is 0 Å². The molecule has 0 aliphatic heterocycles.